The zero-order valence-electron chi connectivity index (χ0n) is 47.1. The summed E-state index contributed by atoms with van der Waals surface area (Å²) in [7, 11) is 2.82. The Bertz CT molecular complexity index is 3000. The summed E-state index contributed by atoms with van der Waals surface area (Å²) in [6.07, 6.45) is 3.34. The topological polar surface area (TPSA) is 272 Å². The fourth-order valence-corrected chi connectivity index (χ4v) is 8.82. The number of alkyl carbamates (subject to hydrolysis) is 1. The van der Waals surface area contributed by atoms with Crippen LogP contribution in [0.1, 0.15) is 94.9 Å². The second kappa shape index (κ2) is 27.6. The van der Waals surface area contributed by atoms with Gasteiger partial charge in [0.05, 0.1) is 38.3 Å². The molecular formula is C60H72N10O11. The molecule has 0 bridgehead atoms. The van der Waals surface area contributed by atoms with Crippen LogP contribution < -0.4 is 31.9 Å². The number of rotatable bonds is 24. The molecule has 6 N–H and O–H groups in total. The lowest BCUT2D eigenvalue weighted by molar-refractivity contribution is -0.156. The summed E-state index contributed by atoms with van der Waals surface area (Å²) in [6, 6.07) is 29.4. The number of aryl methyl sites for hydroxylation is 1. The summed E-state index contributed by atoms with van der Waals surface area (Å²) < 4.78 is 19.2. The van der Waals surface area contributed by atoms with E-state index in [1.54, 1.807) is 63.9 Å². The second-order valence-electron chi connectivity index (χ2n) is 21.5. The largest absolute Gasteiger partial charge is 0.467 e. The van der Waals surface area contributed by atoms with E-state index >= 15 is 9.59 Å². The molecule has 0 spiro atoms. The number of carbonyl (C=O) groups excluding carboxylic acids is 8. The van der Waals surface area contributed by atoms with E-state index in [0.717, 1.165) is 12.7 Å². The fourth-order valence-electron chi connectivity index (χ4n) is 8.82. The Morgan fingerprint density at radius 3 is 1.53 bits per heavy atom. The maximum absolute atomic E-state index is 15.3. The standard InChI is InChI=1S/C60H72N10O11/c1-39(56(77)79-9)63-52(73)49(33-51(72)80-58(2,3)4)66-53(74)46(30-44-36-70(38-62-44)35-40-22-14-10-15-23-40)64-55(76)48(65-54(75)47(31-45-34-61-37-69(45)8)67-57(78)81-59(5,6)7)32-50(71)68-60(41-24-16-11-17-25-41,42-26-18-12-19-27-42)43-28-20-13-21-29-43/h10-29,34,36-39,46-49H,30-33,35H2,1-9H3,(H,63,73)(H,64,76)(H,65,75)(H,66,74)(H,67,78)(H,68,71)/t39-,46-,47-,48-,49-/m0/s1. The summed E-state index contributed by atoms with van der Waals surface area (Å²) in [5.41, 5.74) is 0.393. The van der Waals surface area contributed by atoms with Crippen molar-refractivity contribution in [2.45, 2.75) is 128 Å². The number of imidazole rings is 2. The van der Waals surface area contributed by atoms with Crippen LogP contribution in [-0.2, 0) is 79.7 Å². The van der Waals surface area contributed by atoms with Crippen LogP contribution in [0.5, 0.6) is 0 Å². The van der Waals surface area contributed by atoms with E-state index in [1.165, 1.54) is 25.8 Å². The van der Waals surface area contributed by atoms with Crippen LogP contribution in [0.15, 0.2) is 146 Å². The van der Waals surface area contributed by atoms with Crippen molar-refractivity contribution in [3.05, 3.63) is 180 Å². The Balaban J connectivity index is 1.43. The van der Waals surface area contributed by atoms with Crippen molar-refractivity contribution in [1.29, 1.82) is 0 Å². The van der Waals surface area contributed by atoms with Crippen molar-refractivity contribution >= 4 is 47.6 Å². The number of ether oxygens (including phenoxy) is 3. The number of carbonyl (C=O) groups is 8. The van der Waals surface area contributed by atoms with Gasteiger partial charge < -0.3 is 55.2 Å². The molecule has 0 saturated heterocycles. The lowest BCUT2D eigenvalue weighted by Gasteiger charge is -2.37. The van der Waals surface area contributed by atoms with Crippen LogP contribution in [-0.4, -0.2) is 115 Å². The van der Waals surface area contributed by atoms with Gasteiger partial charge in [0.15, 0.2) is 0 Å². The highest BCUT2D eigenvalue weighted by Crippen LogP contribution is 2.37. The Labute approximate surface area is 471 Å². The van der Waals surface area contributed by atoms with Crippen LogP contribution in [0.2, 0.25) is 0 Å². The van der Waals surface area contributed by atoms with Gasteiger partial charge in [0.1, 0.15) is 47.0 Å². The first kappa shape index (κ1) is 61.1. The third-order valence-corrected chi connectivity index (χ3v) is 12.6. The molecule has 6 rings (SSSR count). The Morgan fingerprint density at radius 1 is 0.568 bits per heavy atom. The summed E-state index contributed by atoms with van der Waals surface area (Å²) in [4.78, 5) is 122. The van der Waals surface area contributed by atoms with Gasteiger partial charge in [0.25, 0.3) is 0 Å². The zero-order valence-corrected chi connectivity index (χ0v) is 47.1. The number of hydrogen-bond donors (Lipinski definition) is 6. The first-order valence-electron chi connectivity index (χ1n) is 26.4. The molecule has 0 saturated carbocycles. The Hall–Kier alpha value is -9.14. The Morgan fingerprint density at radius 2 is 1.04 bits per heavy atom. The van der Waals surface area contributed by atoms with Gasteiger partial charge in [-0.05, 0) is 70.7 Å². The van der Waals surface area contributed by atoms with Gasteiger partial charge in [-0.2, -0.15) is 0 Å². The number of amides is 6. The number of methoxy groups -OCH3 is 1. The fraction of sp³-hybridized carbons (Fsp3) is 0.367. The van der Waals surface area contributed by atoms with Gasteiger partial charge in [-0.15, -0.1) is 0 Å². The molecule has 0 unspecified atom stereocenters. The molecule has 0 aliphatic rings. The summed E-state index contributed by atoms with van der Waals surface area (Å²) in [5.74, 6) is -6.33. The van der Waals surface area contributed by atoms with E-state index in [-0.39, 0.29) is 12.8 Å². The van der Waals surface area contributed by atoms with Crippen molar-refractivity contribution in [3.63, 3.8) is 0 Å². The molecule has 5 atom stereocenters. The number of nitrogens with zero attached hydrogens (tertiary/aromatic N) is 4. The van der Waals surface area contributed by atoms with Gasteiger partial charge in [-0.25, -0.2) is 19.6 Å². The molecular weight excluding hydrogens is 1040 g/mol. The van der Waals surface area contributed by atoms with E-state index in [1.807, 2.05) is 121 Å². The van der Waals surface area contributed by atoms with Crippen LogP contribution in [0.4, 0.5) is 4.79 Å². The van der Waals surface area contributed by atoms with Gasteiger partial charge in [0, 0.05) is 44.5 Å². The van der Waals surface area contributed by atoms with Gasteiger partial charge in [0.2, 0.25) is 29.5 Å². The molecule has 81 heavy (non-hydrogen) atoms. The average molecular weight is 1110 g/mol. The predicted molar refractivity (Wildman–Crippen MR) is 299 cm³/mol. The highest BCUT2D eigenvalue weighted by molar-refractivity contribution is 5.98. The molecule has 0 radical (unpaired) electrons. The molecule has 0 aliphatic carbocycles. The molecule has 2 heterocycles. The number of aromatic nitrogens is 4. The first-order chi connectivity index (χ1) is 38.4. The van der Waals surface area contributed by atoms with Gasteiger partial charge >= 0.3 is 18.0 Å². The smallest absolute Gasteiger partial charge is 0.408 e. The highest BCUT2D eigenvalue weighted by Gasteiger charge is 2.41. The highest BCUT2D eigenvalue weighted by atomic mass is 16.6. The minimum Gasteiger partial charge on any atom is -0.467 e. The van der Waals surface area contributed by atoms with Crippen molar-refractivity contribution in [3.8, 4) is 0 Å². The number of esters is 2. The lowest BCUT2D eigenvalue weighted by Crippen LogP contribution is -2.60. The molecule has 21 heteroatoms. The maximum Gasteiger partial charge on any atom is 0.408 e. The van der Waals surface area contributed by atoms with E-state index in [4.69, 9.17) is 14.2 Å². The van der Waals surface area contributed by atoms with Crippen molar-refractivity contribution in [1.82, 2.24) is 51.0 Å². The monoisotopic (exact) mass is 1110 g/mol. The molecule has 2 aromatic heterocycles. The van der Waals surface area contributed by atoms with E-state index in [9.17, 15) is 28.8 Å². The number of benzene rings is 4. The lowest BCUT2D eigenvalue weighted by atomic mass is 9.77. The van der Waals surface area contributed by atoms with Crippen molar-refractivity contribution < 1.29 is 52.6 Å². The molecule has 0 fully saturated rings. The molecule has 0 aliphatic heterocycles. The first-order valence-corrected chi connectivity index (χ1v) is 26.4. The minimum absolute atomic E-state index is 0.145. The van der Waals surface area contributed by atoms with Crippen molar-refractivity contribution in [2.24, 2.45) is 7.05 Å². The molecule has 6 aromatic rings. The van der Waals surface area contributed by atoms with Crippen molar-refractivity contribution in [2.75, 3.05) is 7.11 Å². The van der Waals surface area contributed by atoms with Crippen LogP contribution in [0.25, 0.3) is 0 Å². The normalized spacial score (nSPS) is 13.4. The molecule has 21 nitrogen and oxygen atoms in total. The molecule has 428 valence electrons. The van der Waals surface area contributed by atoms with Gasteiger partial charge in [-0.1, -0.05) is 121 Å². The molecule has 4 aromatic carbocycles. The quantitative estimate of drug-likeness (QED) is 0.0273. The third kappa shape index (κ3) is 17.9. The van der Waals surface area contributed by atoms with E-state index < -0.39 is 107 Å². The van der Waals surface area contributed by atoms with Crippen LogP contribution >= 0.6 is 0 Å². The summed E-state index contributed by atoms with van der Waals surface area (Å²) in [5, 5.41) is 16.3. The SMILES string of the molecule is COC(=O)[C@H](C)NC(=O)[C@H](CC(=O)OC(C)(C)C)NC(=O)[C@H](Cc1cn(Cc2ccccc2)cn1)NC(=O)[C@H](CC(=O)NC(c1ccccc1)(c1ccccc1)c1ccccc1)NC(=O)[C@H](Cc1cncn1C)NC(=O)OC(C)(C)C. The third-order valence-electron chi connectivity index (χ3n) is 12.6. The molecule has 6 amide bonds. The number of hydrogen-bond acceptors (Lipinski definition) is 13. The zero-order chi connectivity index (χ0) is 58.9. The average Bonchev–Trinajstić information content (AvgIpc) is 4.20. The Kier molecular flexibility index (Phi) is 20.8. The minimum atomic E-state index is -1.79. The van der Waals surface area contributed by atoms with Gasteiger partial charge in [-0.3, -0.25) is 28.8 Å². The number of nitrogens with one attached hydrogen (secondary N) is 6. The van der Waals surface area contributed by atoms with Crippen LogP contribution in [0.3, 0.4) is 0 Å². The maximum atomic E-state index is 15.3. The summed E-state index contributed by atoms with van der Waals surface area (Å²) in [6.45, 7) is 11.6. The van der Waals surface area contributed by atoms with E-state index in [0.29, 0.717) is 34.6 Å². The predicted octanol–water partition coefficient (Wildman–Crippen LogP) is 4.71. The second-order valence-corrected chi connectivity index (χ2v) is 21.5. The van der Waals surface area contributed by atoms with E-state index in [2.05, 4.69) is 41.9 Å². The van der Waals surface area contributed by atoms with Crippen LogP contribution in [0, 0.1) is 0 Å². The summed E-state index contributed by atoms with van der Waals surface area (Å²) >= 11 is 0.